The van der Waals surface area contributed by atoms with Crippen LogP contribution >= 0.6 is 35.5 Å². The van der Waals surface area contributed by atoms with Crippen molar-refractivity contribution >= 4 is 40.6 Å². The standard InChI is InChI=1S/C4H11F3N4OP3S/c1-11(2)14(6)8-13(5,4-16)9-15(7,10-14)12-3/h4,8H,1-3H3/q+1. The predicted octanol–water partition coefficient (Wildman–Crippen LogP) is 4.32. The molecule has 1 heterocycles. The van der Waals surface area contributed by atoms with Gasteiger partial charge in [-0.2, -0.15) is 8.39 Å². The average molecular weight is 313 g/mol. The third kappa shape index (κ3) is 2.91. The lowest BCUT2D eigenvalue weighted by atomic mass is 11.3. The Bertz CT molecular complexity index is 417. The van der Waals surface area contributed by atoms with Crippen molar-refractivity contribution in [2.24, 2.45) is 9.03 Å². The van der Waals surface area contributed by atoms with Gasteiger partial charge in [0.05, 0.1) is 0 Å². The lowest BCUT2D eigenvalue weighted by molar-refractivity contribution is 0.420. The molecule has 3 atom stereocenters. The summed E-state index contributed by atoms with van der Waals surface area (Å²) >= 11 is 4.40. The maximum atomic E-state index is 14.2. The van der Waals surface area contributed by atoms with E-state index in [1.165, 1.54) is 14.1 Å². The zero-order valence-corrected chi connectivity index (χ0v) is 12.2. The van der Waals surface area contributed by atoms with E-state index >= 15 is 0 Å². The van der Waals surface area contributed by atoms with Crippen LogP contribution in [-0.4, -0.2) is 31.0 Å². The van der Waals surface area contributed by atoms with Crippen LogP contribution in [0.3, 0.4) is 0 Å². The highest BCUT2D eigenvalue weighted by atomic mass is 32.1. The quantitative estimate of drug-likeness (QED) is 0.623. The molecule has 0 aromatic rings. The molecule has 0 aliphatic carbocycles. The molecule has 1 rings (SSSR count). The molecule has 0 fully saturated rings. The summed E-state index contributed by atoms with van der Waals surface area (Å²) in [6, 6.07) is 0. The number of nitrogens with zero attached hydrogens (tertiary/aromatic N) is 3. The van der Waals surface area contributed by atoms with Crippen molar-refractivity contribution in [3.63, 3.8) is 0 Å². The van der Waals surface area contributed by atoms with E-state index in [1.54, 1.807) is 0 Å². The summed E-state index contributed by atoms with van der Waals surface area (Å²) < 4.78 is 53.7. The van der Waals surface area contributed by atoms with Crippen molar-refractivity contribution in [2.75, 3.05) is 21.2 Å². The Morgan fingerprint density at radius 2 is 2.06 bits per heavy atom. The minimum atomic E-state index is -4.26. The zero-order chi connectivity index (χ0) is 12.6. The van der Waals surface area contributed by atoms with Gasteiger partial charge < -0.3 is 4.52 Å². The first-order chi connectivity index (χ1) is 7.19. The van der Waals surface area contributed by atoms with E-state index < -0.39 is 23.3 Å². The van der Waals surface area contributed by atoms with Crippen molar-refractivity contribution in [2.45, 2.75) is 0 Å². The number of nitrogens with one attached hydrogen (secondary N) is 1. The second kappa shape index (κ2) is 4.73. The molecular formula is C4H11F3N4OP3S+. The van der Waals surface area contributed by atoms with Gasteiger partial charge in [-0.05, 0) is 35.0 Å². The molecule has 0 spiro atoms. The molecule has 5 nitrogen and oxygen atoms in total. The Morgan fingerprint density at radius 3 is 2.44 bits per heavy atom. The normalized spacial score (nSPS) is 43.7. The monoisotopic (exact) mass is 313 g/mol. The van der Waals surface area contributed by atoms with Crippen LogP contribution in [0.2, 0.25) is 0 Å². The van der Waals surface area contributed by atoms with Gasteiger partial charge >= 0.3 is 23.3 Å². The summed E-state index contributed by atoms with van der Waals surface area (Å²) in [5.41, 5.74) is 0. The second-order valence-electron chi connectivity index (χ2n) is 3.01. The van der Waals surface area contributed by atoms with Gasteiger partial charge in [0.25, 0.3) is 0 Å². The van der Waals surface area contributed by atoms with Crippen LogP contribution < -0.4 is 4.86 Å². The minimum absolute atomic E-state index is 0.618. The lowest BCUT2D eigenvalue weighted by Gasteiger charge is -2.26. The first kappa shape index (κ1) is 14.7. The van der Waals surface area contributed by atoms with Crippen molar-refractivity contribution in [1.29, 1.82) is 0 Å². The van der Waals surface area contributed by atoms with E-state index in [0.29, 0.717) is 5.11 Å². The van der Waals surface area contributed by atoms with Gasteiger partial charge in [0.1, 0.15) is 0 Å². The molecule has 0 radical (unpaired) electrons. The summed E-state index contributed by atoms with van der Waals surface area (Å²) in [5.74, 6) is 0. The Labute approximate surface area is 97.9 Å². The van der Waals surface area contributed by atoms with Gasteiger partial charge in [-0.3, -0.25) is 0 Å². The van der Waals surface area contributed by atoms with E-state index in [-0.39, 0.29) is 0 Å². The molecular weight excluding hydrogens is 302 g/mol. The number of hydrogen-bond donors (Lipinski definition) is 1. The largest absolute Gasteiger partial charge is 0.440 e. The molecule has 0 bridgehead atoms. The minimum Gasteiger partial charge on any atom is -0.305 e. The Morgan fingerprint density at radius 1 is 1.50 bits per heavy atom. The number of halogens is 3. The smallest absolute Gasteiger partial charge is 0.305 e. The van der Waals surface area contributed by atoms with Crippen molar-refractivity contribution < 1.29 is 17.1 Å². The van der Waals surface area contributed by atoms with Crippen LogP contribution in [-0.2, 0) is 4.52 Å². The van der Waals surface area contributed by atoms with Gasteiger partial charge in [0.15, 0.2) is 5.11 Å². The van der Waals surface area contributed by atoms with E-state index in [2.05, 4.69) is 25.8 Å². The molecule has 3 unspecified atom stereocenters. The summed E-state index contributed by atoms with van der Waals surface area (Å²) in [7, 11) is -8.62. The van der Waals surface area contributed by atoms with Crippen LogP contribution in [0, 0.1) is 0 Å². The molecule has 1 aliphatic rings. The van der Waals surface area contributed by atoms with Crippen LogP contribution in [0.5, 0.6) is 0 Å². The fourth-order valence-electron chi connectivity index (χ4n) is 0.830. The fraction of sp³-hybridized carbons (Fsp3) is 0.750. The Hall–Kier alpha value is 0.650. The van der Waals surface area contributed by atoms with Crippen molar-refractivity contribution in [3.8, 4) is 0 Å². The Kier molecular flexibility index (Phi) is 4.35. The molecule has 0 saturated carbocycles. The lowest BCUT2D eigenvalue weighted by Crippen LogP contribution is -2.19. The first-order valence-corrected chi connectivity index (χ1v) is 9.20. The maximum Gasteiger partial charge on any atom is 0.440 e. The van der Waals surface area contributed by atoms with Gasteiger partial charge in [0, 0.05) is 7.11 Å². The van der Waals surface area contributed by atoms with Crippen LogP contribution in [0.15, 0.2) is 9.03 Å². The van der Waals surface area contributed by atoms with E-state index in [1.807, 2.05) is 4.86 Å². The van der Waals surface area contributed by atoms with E-state index in [9.17, 15) is 12.6 Å². The highest BCUT2D eigenvalue weighted by Crippen LogP contribution is 2.80. The molecule has 0 amide bonds. The second-order valence-corrected chi connectivity index (χ2v) is 10.5. The van der Waals surface area contributed by atoms with E-state index in [0.717, 1.165) is 11.8 Å². The number of rotatable bonds is 3. The van der Waals surface area contributed by atoms with Crippen molar-refractivity contribution in [1.82, 2.24) is 9.53 Å². The van der Waals surface area contributed by atoms with Gasteiger partial charge in [0.2, 0.25) is 0 Å². The molecule has 94 valence electrons. The van der Waals surface area contributed by atoms with Gasteiger partial charge in [-0.25, -0.2) is 4.67 Å². The zero-order valence-electron chi connectivity index (χ0n) is 8.71. The summed E-state index contributed by atoms with van der Waals surface area (Å²) in [6.45, 7) is 0. The molecule has 16 heavy (non-hydrogen) atoms. The van der Waals surface area contributed by atoms with Crippen LogP contribution in [0.1, 0.15) is 0 Å². The highest BCUT2D eigenvalue weighted by molar-refractivity contribution is 8.04. The number of hydrogen-bond acceptors (Lipinski definition) is 6. The molecule has 12 heteroatoms. The molecule has 0 saturated heterocycles. The van der Waals surface area contributed by atoms with Crippen molar-refractivity contribution in [3.05, 3.63) is 0 Å². The third-order valence-electron chi connectivity index (χ3n) is 1.64. The highest BCUT2D eigenvalue weighted by Gasteiger charge is 2.54. The molecule has 1 aliphatic heterocycles. The fourth-order valence-corrected chi connectivity index (χ4v) is 9.32. The van der Waals surface area contributed by atoms with Gasteiger partial charge in [-0.15, -0.1) is 4.52 Å². The summed E-state index contributed by atoms with van der Waals surface area (Å²) in [5, 5.41) is 0.618. The van der Waals surface area contributed by atoms with Crippen LogP contribution in [0.4, 0.5) is 12.6 Å². The van der Waals surface area contributed by atoms with Gasteiger partial charge in [-0.1, -0.05) is 4.86 Å². The summed E-state index contributed by atoms with van der Waals surface area (Å²) in [4.78, 5) is 1.97. The third-order valence-corrected chi connectivity index (χ3v) is 10.2. The maximum absolute atomic E-state index is 14.2. The summed E-state index contributed by atoms with van der Waals surface area (Å²) in [6.07, 6.45) is 0. The van der Waals surface area contributed by atoms with E-state index in [4.69, 9.17) is 0 Å². The van der Waals surface area contributed by atoms with Crippen LogP contribution in [0.25, 0.3) is 0 Å². The molecule has 0 aromatic carbocycles. The molecule has 1 N–H and O–H groups in total. The molecule has 0 aromatic heterocycles. The SMILES string of the molecule is COP1(F)=N[P+](F)(C=S)NP(F)(N(C)C)=N1. The predicted molar refractivity (Wildman–Crippen MR) is 66.4 cm³/mol. The topological polar surface area (TPSA) is 49.2 Å². The first-order valence-electron chi connectivity index (χ1n) is 3.93. The number of thiocarbonyl (C=S) groups is 1. The Balaban J connectivity index is 3.39. The average Bonchev–Trinajstić information content (AvgIpc) is 2.16.